The molecule has 0 aliphatic heterocycles. The lowest BCUT2D eigenvalue weighted by Gasteiger charge is -2.19. The van der Waals surface area contributed by atoms with E-state index in [9.17, 15) is 23.5 Å². The van der Waals surface area contributed by atoms with E-state index in [1.54, 1.807) is 18.2 Å². The maximum absolute atomic E-state index is 15.1. The van der Waals surface area contributed by atoms with E-state index in [1.165, 1.54) is 42.1 Å². The molecule has 1 amide bonds. The van der Waals surface area contributed by atoms with E-state index in [0.717, 1.165) is 30.5 Å². The lowest BCUT2D eigenvalue weighted by Crippen LogP contribution is -2.43. The highest BCUT2D eigenvalue weighted by atomic mass is 19.1. The fraction of sp³-hybridized carbons (Fsp3) is 0.281. The number of rotatable bonds is 8. The van der Waals surface area contributed by atoms with Gasteiger partial charge in [-0.15, -0.1) is 0 Å². The number of benzene rings is 3. The zero-order valence-electron chi connectivity index (χ0n) is 22.9. The van der Waals surface area contributed by atoms with Crippen LogP contribution in [0.15, 0.2) is 66.7 Å². The molecule has 1 aromatic heterocycles. The number of phenolic OH excluding ortho intramolecular Hbond substituents is 1. The summed E-state index contributed by atoms with van der Waals surface area (Å²) in [6.45, 7) is 0. The first-order chi connectivity index (χ1) is 20.2. The Labute approximate surface area is 240 Å². The number of nitrogens with one attached hydrogen (secondary N) is 1. The number of aromatic hydroxyl groups is 1. The summed E-state index contributed by atoms with van der Waals surface area (Å²) in [4.78, 5) is 26.4. The number of fused-ring (bicyclic) bond motifs is 1. The summed E-state index contributed by atoms with van der Waals surface area (Å²) < 4.78 is 49.3. The molecule has 0 spiro atoms. The molecule has 218 valence electrons. The molecule has 0 saturated carbocycles. The van der Waals surface area contributed by atoms with Gasteiger partial charge in [-0.3, -0.25) is 4.79 Å². The first-order valence-electron chi connectivity index (χ1n) is 13.7. The van der Waals surface area contributed by atoms with E-state index in [-0.39, 0.29) is 35.3 Å². The molecule has 0 saturated heterocycles. The van der Waals surface area contributed by atoms with Crippen molar-refractivity contribution in [3.8, 4) is 11.4 Å². The Morgan fingerprint density at radius 2 is 1.79 bits per heavy atom. The molecule has 1 heterocycles. The molecule has 3 aromatic carbocycles. The number of amides is 1. The minimum absolute atomic E-state index is 0.0218. The minimum atomic E-state index is -1.07. The Bertz CT molecular complexity index is 1600. The zero-order chi connectivity index (χ0) is 29.8. The lowest BCUT2D eigenvalue weighted by molar-refractivity contribution is -0.142. The number of ether oxygens (including phenoxy) is 1. The summed E-state index contributed by atoms with van der Waals surface area (Å²) in [6, 6.07) is 14.5. The van der Waals surface area contributed by atoms with Crippen LogP contribution in [0.25, 0.3) is 5.69 Å². The molecule has 0 radical (unpaired) electrons. The summed E-state index contributed by atoms with van der Waals surface area (Å²) >= 11 is 0. The normalized spacial score (nSPS) is 15.4. The number of aromatic nitrogens is 2. The Balaban J connectivity index is 1.56. The van der Waals surface area contributed by atoms with Gasteiger partial charge in [0, 0.05) is 24.0 Å². The van der Waals surface area contributed by atoms with Gasteiger partial charge in [0.1, 0.15) is 29.1 Å². The second kappa shape index (κ2) is 12.5. The van der Waals surface area contributed by atoms with E-state index in [1.807, 2.05) is 6.07 Å². The van der Waals surface area contributed by atoms with Crippen LogP contribution < -0.4 is 5.32 Å². The zero-order valence-corrected chi connectivity index (χ0v) is 22.9. The molecule has 7 nitrogen and oxygen atoms in total. The highest BCUT2D eigenvalue weighted by Gasteiger charge is 2.33. The average Bonchev–Trinajstić information content (AvgIpc) is 3.22. The quantitative estimate of drug-likeness (QED) is 0.211. The lowest BCUT2D eigenvalue weighted by atomic mass is 9.90. The van der Waals surface area contributed by atoms with Crippen LogP contribution in [0.2, 0.25) is 0 Å². The van der Waals surface area contributed by atoms with E-state index < -0.39 is 29.6 Å². The first kappa shape index (κ1) is 28.9. The molecule has 1 aliphatic carbocycles. The van der Waals surface area contributed by atoms with Gasteiger partial charge in [-0.25, -0.2) is 22.6 Å². The van der Waals surface area contributed by atoms with Crippen molar-refractivity contribution < 1.29 is 32.6 Å². The van der Waals surface area contributed by atoms with Gasteiger partial charge in [-0.05, 0) is 73.2 Å². The van der Waals surface area contributed by atoms with Crippen LogP contribution in [0, 0.1) is 17.5 Å². The second-order valence-corrected chi connectivity index (χ2v) is 10.4. The molecular weight excluding hydrogens is 547 g/mol. The van der Waals surface area contributed by atoms with Gasteiger partial charge in [0.15, 0.2) is 11.5 Å². The maximum Gasteiger partial charge on any atom is 0.328 e. The van der Waals surface area contributed by atoms with E-state index in [2.05, 4.69) is 10.4 Å². The third-order valence-electron chi connectivity index (χ3n) is 7.53. The fourth-order valence-corrected chi connectivity index (χ4v) is 5.55. The summed E-state index contributed by atoms with van der Waals surface area (Å²) in [5.41, 5.74) is 2.62. The minimum Gasteiger partial charge on any atom is -0.508 e. The van der Waals surface area contributed by atoms with Crippen molar-refractivity contribution in [2.45, 2.75) is 50.5 Å². The molecule has 42 heavy (non-hydrogen) atoms. The topological polar surface area (TPSA) is 93.4 Å². The van der Waals surface area contributed by atoms with Gasteiger partial charge < -0.3 is 15.2 Å². The van der Waals surface area contributed by atoms with Crippen molar-refractivity contribution in [1.29, 1.82) is 0 Å². The summed E-state index contributed by atoms with van der Waals surface area (Å²) in [5.74, 6) is -3.46. The van der Waals surface area contributed by atoms with Crippen LogP contribution in [0.5, 0.6) is 5.75 Å². The van der Waals surface area contributed by atoms with E-state index in [0.29, 0.717) is 36.1 Å². The second-order valence-electron chi connectivity index (χ2n) is 10.4. The molecule has 2 N–H and O–H groups in total. The van der Waals surface area contributed by atoms with Crippen molar-refractivity contribution in [3.05, 3.63) is 112 Å². The fourth-order valence-electron chi connectivity index (χ4n) is 5.55. The van der Waals surface area contributed by atoms with Gasteiger partial charge in [0.25, 0.3) is 5.91 Å². The van der Waals surface area contributed by atoms with Crippen LogP contribution >= 0.6 is 0 Å². The first-order valence-corrected chi connectivity index (χ1v) is 13.7. The molecule has 2 atom stereocenters. The van der Waals surface area contributed by atoms with Crippen molar-refractivity contribution in [1.82, 2.24) is 15.1 Å². The van der Waals surface area contributed by atoms with E-state index >= 15 is 4.39 Å². The Kier molecular flexibility index (Phi) is 8.61. The molecule has 10 heteroatoms. The number of phenols is 1. The molecule has 0 fully saturated rings. The predicted molar refractivity (Wildman–Crippen MR) is 149 cm³/mol. The third kappa shape index (κ3) is 6.32. The predicted octanol–water partition coefficient (Wildman–Crippen LogP) is 5.56. The number of carbonyl (C=O) groups excluding carboxylic acids is 2. The molecule has 1 unspecified atom stereocenters. The number of halogens is 3. The van der Waals surface area contributed by atoms with E-state index in [4.69, 9.17) is 4.74 Å². The van der Waals surface area contributed by atoms with Crippen LogP contribution in [-0.4, -0.2) is 39.9 Å². The highest BCUT2D eigenvalue weighted by molar-refractivity contribution is 5.97. The van der Waals surface area contributed by atoms with Crippen LogP contribution in [0.4, 0.5) is 13.2 Å². The van der Waals surface area contributed by atoms with Gasteiger partial charge in [-0.2, -0.15) is 5.10 Å². The number of nitrogens with zero attached hydrogens (tertiary/aromatic N) is 2. The number of esters is 1. The van der Waals surface area contributed by atoms with Crippen molar-refractivity contribution in [3.63, 3.8) is 0 Å². The number of hydrogen-bond acceptors (Lipinski definition) is 5. The smallest absolute Gasteiger partial charge is 0.328 e. The summed E-state index contributed by atoms with van der Waals surface area (Å²) in [7, 11) is 1.22. The standard InChI is InChI=1S/C32H30F3N3O4/c1-42-32(41)27(17-19-9-12-24(39)13-10-19)36-31(40)29-25-8-3-2-6-21(15-20-5-4-7-22(33)16-20)30(25)38(37-29)28-14-11-23(34)18-26(28)35/h4-5,7,9-14,16,18,21,27,39H,2-3,6,8,15,17H2,1H3,(H,36,40)/t21?,27-/m0/s1. The van der Waals surface area contributed by atoms with Gasteiger partial charge in [-0.1, -0.05) is 30.7 Å². The maximum atomic E-state index is 15.1. The molecule has 4 aromatic rings. The monoisotopic (exact) mass is 577 g/mol. The van der Waals surface area contributed by atoms with Gasteiger partial charge in [0.2, 0.25) is 0 Å². The Morgan fingerprint density at radius 3 is 2.50 bits per heavy atom. The summed E-state index contributed by atoms with van der Waals surface area (Å²) in [5, 5.41) is 16.9. The van der Waals surface area contributed by atoms with Crippen molar-refractivity contribution >= 4 is 11.9 Å². The Hall–Kier alpha value is -4.60. The SMILES string of the molecule is COC(=O)[C@H](Cc1ccc(O)cc1)NC(=O)c1nn(-c2ccc(F)cc2F)c2c1CCCCC2Cc1cccc(F)c1. The average molecular weight is 578 g/mol. The largest absolute Gasteiger partial charge is 0.508 e. The van der Waals surface area contributed by atoms with Crippen LogP contribution in [-0.2, 0) is 28.8 Å². The number of carbonyl (C=O) groups is 2. The van der Waals surface area contributed by atoms with Gasteiger partial charge >= 0.3 is 5.97 Å². The molecular formula is C32H30F3N3O4. The van der Waals surface area contributed by atoms with Crippen molar-refractivity contribution in [2.75, 3.05) is 7.11 Å². The Morgan fingerprint density at radius 1 is 1.02 bits per heavy atom. The third-order valence-corrected chi connectivity index (χ3v) is 7.53. The summed E-state index contributed by atoms with van der Waals surface area (Å²) in [6.07, 6.45) is 3.22. The number of hydrogen-bond donors (Lipinski definition) is 2. The molecule has 1 aliphatic rings. The van der Waals surface area contributed by atoms with Crippen molar-refractivity contribution in [2.24, 2.45) is 0 Å². The molecule has 0 bridgehead atoms. The number of methoxy groups -OCH3 is 1. The molecule has 5 rings (SSSR count). The van der Waals surface area contributed by atoms with Gasteiger partial charge in [0.05, 0.1) is 12.8 Å². The highest BCUT2D eigenvalue weighted by Crippen LogP contribution is 2.37. The van der Waals surface area contributed by atoms with Crippen LogP contribution in [0.3, 0.4) is 0 Å². The van der Waals surface area contributed by atoms with Crippen LogP contribution in [0.1, 0.15) is 58.1 Å².